The molecule has 1 fully saturated rings. The van der Waals surface area contributed by atoms with Crippen molar-refractivity contribution in [2.24, 2.45) is 9.98 Å². The van der Waals surface area contributed by atoms with Crippen molar-refractivity contribution in [2.45, 2.75) is 114 Å². The molecule has 0 aliphatic heterocycles. The summed E-state index contributed by atoms with van der Waals surface area (Å²) in [6.45, 7) is 11.2. The number of hydrogen-bond donors (Lipinski definition) is 2. The summed E-state index contributed by atoms with van der Waals surface area (Å²) in [5.41, 5.74) is -6.89. The van der Waals surface area contributed by atoms with Gasteiger partial charge in [0.1, 0.15) is 11.5 Å². The Kier molecular flexibility index (Phi) is 14.7. The van der Waals surface area contributed by atoms with Crippen LogP contribution in [0.2, 0.25) is 0 Å². The molecule has 0 aromatic heterocycles. The van der Waals surface area contributed by atoms with Crippen LogP contribution in [0.15, 0.2) is 34.3 Å². The number of phenolic OH excluding ortho intramolecular Hbond substituents is 2. The molecule has 2 aromatic carbocycles. The van der Waals surface area contributed by atoms with Crippen molar-refractivity contribution in [3.8, 4) is 11.5 Å². The minimum Gasteiger partial charge on any atom is -0.795 e. The van der Waals surface area contributed by atoms with E-state index in [4.69, 9.17) is 0 Å². The van der Waals surface area contributed by atoms with Crippen molar-refractivity contribution in [1.29, 1.82) is 0 Å². The van der Waals surface area contributed by atoms with Crippen molar-refractivity contribution < 1.29 is 81.5 Å². The van der Waals surface area contributed by atoms with E-state index in [-0.39, 0.29) is 62.9 Å². The zero-order chi connectivity index (χ0) is 40.4. The Labute approximate surface area is 307 Å². The first-order chi connectivity index (χ1) is 23.3. The third-order valence-electron chi connectivity index (χ3n) is 7.97. The molecule has 299 valence electrons. The van der Waals surface area contributed by atoms with Crippen LogP contribution in [0.3, 0.4) is 0 Å². The maximum atomic E-state index is 12.0. The first-order valence-corrected chi connectivity index (χ1v) is 15.3. The number of phenols is 2. The molecule has 21 heteroatoms. The standard InChI is InChI=1S/C28H36N4O6.C4F9O.Co/c1-27(2,3)21-13-19(31(35)36)11-17(25(21)33)15-29-23-9-7-8-10-24(23)30-16-18-12-20(32(37)38)14-22(26(18)34)28(4,5)6;5-1(2(6,7)8,3(9,10)11)4(12,13)14;/h11-16,23-24,33-34H,7-10H2,1-6H3;;/q;-1;/t23-,24-;;/m1../s1. The molecule has 0 heterocycles. The molecule has 2 aromatic rings. The molecule has 11 nitrogen and oxygen atoms in total. The normalized spacial score (nSPS) is 17.7. The minimum absolute atomic E-state index is 0. The molecule has 0 bridgehead atoms. The van der Waals surface area contributed by atoms with Gasteiger partial charge in [-0.05, 0) is 23.7 Å². The SMILES string of the molecule is CC(C)(C)c1cc([N+](=O)[O-])cc(C=N[C@@H]2CCCC[C@H]2N=Cc2cc([N+](=O)[O-])cc(C(C)(C)C)c2O)c1O.[Co].[O-]C(F)(F)C(F)(C(F)(F)F)C(F)(F)F. The number of nitro benzene ring substituents is 2. The molecule has 1 aliphatic carbocycles. The van der Waals surface area contributed by atoms with Crippen molar-refractivity contribution in [3.63, 3.8) is 0 Å². The summed E-state index contributed by atoms with van der Waals surface area (Å²) in [5, 5.41) is 54.0. The van der Waals surface area contributed by atoms with Gasteiger partial charge in [-0.15, -0.1) is 0 Å². The van der Waals surface area contributed by atoms with E-state index < -0.39 is 44.8 Å². The van der Waals surface area contributed by atoms with Gasteiger partial charge in [-0.1, -0.05) is 54.4 Å². The zero-order valence-electron chi connectivity index (χ0n) is 28.9. The molecule has 1 aliphatic rings. The summed E-state index contributed by atoms with van der Waals surface area (Å²) in [4.78, 5) is 31.3. The van der Waals surface area contributed by atoms with Crippen molar-refractivity contribution in [1.82, 2.24) is 0 Å². The van der Waals surface area contributed by atoms with E-state index in [9.17, 15) is 75.1 Å². The number of aromatic hydroxyl groups is 2. The van der Waals surface area contributed by atoms with Crippen LogP contribution in [-0.4, -0.2) is 68.7 Å². The summed E-state index contributed by atoms with van der Waals surface area (Å²) in [5.74, 6) is -0.0853. The van der Waals surface area contributed by atoms with Crippen LogP contribution in [0.5, 0.6) is 11.5 Å². The Morgan fingerprint density at radius 3 is 1.17 bits per heavy atom. The van der Waals surface area contributed by atoms with Crippen molar-refractivity contribution >= 4 is 23.8 Å². The van der Waals surface area contributed by atoms with Gasteiger partial charge in [-0.25, -0.2) is 13.2 Å². The summed E-state index contributed by atoms with van der Waals surface area (Å²) < 4.78 is 103. The number of non-ortho nitro benzene ring substituents is 2. The van der Waals surface area contributed by atoms with E-state index >= 15 is 0 Å². The third kappa shape index (κ3) is 11.0. The number of aliphatic imine (C=N–C) groups is 2. The summed E-state index contributed by atoms with van der Waals surface area (Å²) in [6.07, 6.45) is -14.6. The van der Waals surface area contributed by atoms with E-state index in [2.05, 4.69) is 9.98 Å². The van der Waals surface area contributed by atoms with Gasteiger partial charge in [-0.3, -0.25) is 30.2 Å². The van der Waals surface area contributed by atoms with E-state index in [1.165, 1.54) is 36.7 Å². The van der Waals surface area contributed by atoms with Crippen LogP contribution < -0.4 is 5.11 Å². The third-order valence-corrected chi connectivity index (χ3v) is 7.97. The summed E-state index contributed by atoms with van der Waals surface area (Å²) >= 11 is 0. The number of halogens is 9. The fraction of sp³-hybridized carbons (Fsp3) is 0.562. The molecule has 1 radical (unpaired) electrons. The average molecular weight is 819 g/mol. The molecule has 2 N–H and O–H groups in total. The van der Waals surface area contributed by atoms with Crippen LogP contribution in [0.1, 0.15) is 89.5 Å². The van der Waals surface area contributed by atoms with Crippen LogP contribution in [0.4, 0.5) is 50.9 Å². The van der Waals surface area contributed by atoms with Crippen molar-refractivity contribution in [2.75, 3.05) is 0 Å². The predicted octanol–water partition coefficient (Wildman–Crippen LogP) is 8.13. The Hall–Kier alpha value is -3.98. The Morgan fingerprint density at radius 2 is 0.962 bits per heavy atom. The van der Waals surface area contributed by atoms with Gasteiger partial charge in [0, 0.05) is 75.7 Å². The molecule has 0 spiro atoms. The van der Waals surface area contributed by atoms with Crippen LogP contribution in [0, 0.1) is 20.2 Å². The number of benzene rings is 2. The summed E-state index contributed by atoms with van der Waals surface area (Å²) in [7, 11) is 0. The van der Waals surface area contributed by atoms with Gasteiger partial charge in [0.2, 0.25) is 6.11 Å². The van der Waals surface area contributed by atoms with Gasteiger partial charge in [0.05, 0.1) is 21.9 Å². The molecule has 0 amide bonds. The monoisotopic (exact) mass is 818 g/mol. The van der Waals surface area contributed by atoms with Crippen LogP contribution in [-0.2, 0) is 27.6 Å². The zero-order valence-corrected chi connectivity index (χ0v) is 29.9. The second kappa shape index (κ2) is 16.6. The van der Waals surface area contributed by atoms with Crippen LogP contribution in [0.25, 0.3) is 0 Å². The first-order valence-electron chi connectivity index (χ1n) is 15.3. The molecule has 0 saturated heterocycles. The number of nitrogens with zero attached hydrogens (tertiary/aromatic N) is 4. The largest absolute Gasteiger partial charge is 0.795 e. The minimum atomic E-state index is -7.08. The molecule has 1 saturated carbocycles. The molecular weight excluding hydrogens is 782 g/mol. The molecule has 53 heavy (non-hydrogen) atoms. The predicted molar refractivity (Wildman–Crippen MR) is 169 cm³/mol. The van der Waals surface area contributed by atoms with Gasteiger partial charge in [0.15, 0.2) is 0 Å². The van der Waals surface area contributed by atoms with Gasteiger partial charge >= 0.3 is 18.0 Å². The smallest absolute Gasteiger partial charge is 0.436 e. The number of alkyl halides is 9. The second-order valence-corrected chi connectivity index (χ2v) is 14.0. The van der Waals surface area contributed by atoms with Gasteiger partial charge in [0.25, 0.3) is 11.4 Å². The van der Waals surface area contributed by atoms with E-state index in [1.54, 1.807) is 0 Å². The fourth-order valence-electron chi connectivity index (χ4n) is 5.12. The molecule has 2 atom stereocenters. The molecular formula is C32H36CoF9N4O7-. The Bertz CT molecular complexity index is 1560. The maximum absolute atomic E-state index is 12.0. The quantitative estimate of drug-likeness (QED) is 0.123. The van der Waals surface area contributed by atoms with Gasteiger partial charge in [-0.2, -0.15) is 26.3 Å². The Morgan fingerprint density at radius 1 is 0.660 bits per heavy atom. The maximum Gasteiger partial charge on any atom is 0.436 e. The fourth-order valence-corrected chi connectivity index (χ4v) is 5.12. The molecule has 3 rings (SSSR count). The number of nitro groups is 2. The number of rotatable bonds is 7. The summed E-state index contributed by atoms with van der Waals surface area (Å²) in [6, 6.07) is 4.89. The molecule has 0 unspecified atom stereocenters. The Balaban J connectivity index is 0.000000795. The topological polar surface area (TPSA) is 175 Å². The van der Waals surface area contributed by atoms with Gasteiger partial charge < -0.3 is 15.3 Å². The van der Waals surface area contributed by atoms with E-state index in [0.29, 0.717) is 11.1 Å². The second-order valence-electron chi connectivity index (χ2n) is 14.0. The number of hydrogen-bond acceptors (Lipinski definition) is 9. The van der Waals surface area contributed by atoms with E-state index in [0.717, 1.165) is 25.7 Å². The van der Waals surface area contributed by atoms with E-state index in [1.807, 2.05) is 41.5 Å². The van der Waals surface area contributed by atoms with Crippen molar-refractivity contribution in [3.05, 3.63) is 66.7 Å². The first kappa shape index (κ1) is 47.0. The average Bonchev–Trinajstić information content (AvgIpc) is 2.97. The van der Waals surface area contributed by atoms with Crippen LogP contribution >= 0.6 is 0 Å².